The Hall–Kier alpha value is -1.42. The van der Waals surface area contributed by atoms with Crippen LogP contribution in [0, 0.1) is 5.82 Å². The molecule has 1 aliphatic heterocycles. The molecule has 0 aliphatic carbocycles. The predicted octanol–water partition coefficient (Wildman–Crippen LogP) is 1.48. The summed E-state index contributed by atoms with van der Waals surface area (Å²) in [5, 5.41) is 3.00. The normalized spacial score (nSPS) is 20.2. The van der Waals surface area contributed by atoms with Crippen LogP contribution in [0.5, 0.6) is 5.75 Å². The van der Waals surface area contributed by atoms with E-state index in [1.54, 1.807) is 12.1 Å². The van der Waals surface area contributed by atoms with Gasteiger partial charge in [0.25, 0.3) is 0 Å². The van der Waals surface area contributed by atoms with Crippen molar-refractivity contribution in [3.63, 3.8) is 0 Å². The first-order valence-corrected chi connectivity index (χ1v) is 4.97. The lowest BCUT2D eigenvalue weighted by atomic mass is 10.2. The average molecular weight is 209 g/mol. The summed E-state index contributed by atoms with van der Waals surface area (Å²) in [7, 11) is 0. The van der Waals surface area contributed by atoms with E-state index >= 15 is 0 Å². The largest absolute Gasteiger partial charge is 0.422 e. The Bertz CT molecular complexity index is 361. The standard InChI is InChI=1S/C11H12FNO2/c12-8-4-1-2-6-10(8)15-11(14)9-5-3-7-13-9/h1-2,4,6,9,13H,3,5,7H2. The third kappa shape index (κ3) is 2.33. The SMILES string of the molecule is O=C(Oc1ccccc1F)C1CCCN1. The molecule has 1 N–H and O–H groups in total. The summed E-state index contributed by atoms with van der Waals surface area (Å²) in [6.45, 7) is 0.817. The van der Waals surface area contributed by atoms with Crippen molar-refractivity contribution in [1.82, 2.24) is 5.32 Å². The van der Waals surface area contributed by atoms with Gasteiger partial charge in [-0.1, -0.05) is 12.1 Å². The second-order valence-electron chi connectivity index (χ2n) is 3.50. The van der Waals surface area contributed by atoms with E-state index in [0.717, 1.165) is 19.4 Å². The van der Waals surface area contributed by atoms with Crippen molar-refractivity contribution >= 4 is 5.97 Å². The number of hydrogen-bond donors (Lipinski definition) is 1. The van der Waals surface area contributed by atoms with Gasteiger partial charge in [0.1, 0.15) is 6.04 Å². The summed E-state index contributed by atoms with van der Waals surface area (Å²) >= 11 is 0. The van der Waals surface area contributed by atoms with Crippen LogP contribution in [-0.4, -0.2) is 18.6 Å². The quantitative estimate of drug-likeness (QED) is 0.592. The number of nitrogens with one attached hydrogen (secondary N) is 1. The highest BCUT2D eigenvalue weighted by molar-refractivity contribution is 5.78. The first-order chi connectivity index (χ1) is 7.27. The van der Waals surface area contributed by atoms with Crippen LogP contribution in [0.15, 0.2) is 24.3 Å². The highest BCUT2D eigenvalue weighted by Gasteiger charge is 2.24. The number of para-hydroxylation sites is 1. The van der Waals surface area contributed by atoms with Gasteiger partial charge in [-0.05, 0) is 31.5 Å². The molecule has 0 aromatic heterocycles. The van der Waals surface area contributed by atoms with E-state index in [4.69, 9.17) is 4.74 Å². The van der Waals surface area contributed by atoms with Crippen LogP contribution in [0.1, 0.15) is 12.8 Å². The zero-order valence-electron chi connectivity index (χ0n) is 8.20. The summed E-state index contributed by atoms with van der Waals surface area (Å²) in [6.07, 6.45) is 1.71. The second-order valence-corrected chi connectivity index (χ2v) is 3.50. The number of hydrogen-bond acceptors (Lipinski definition) is 3. The minimum atomic E-state index is -0.510. The van der Waals surface area contributed by atoms with Gasteiger partial charge in [-0.15, -0.1) is 0 Å². The lowest BCUT2D eigenvalue weighted by Crippen LogP contribution is -2.34. The number of benzene rings is 1. The lowest BCUT2D eigenvalue weighted by molar-refractivity contribution is -0.136. The Morgan fingerprint density at radius 3 is 2.93 bits per heavy atom. The van der Waals surface area contributed by atoms with Gasteiger partial charge in [0.2, 0.25) is 0 Å². The van der Waals surface area contributed by atoms with Crippen LogP contribution in [0.4, 0.5) is 4.39 Å². The zero-order chi connectivity index (χ0) is 10.7. The molecule has 0 spiro atoms. The van der Waals surface area contributed by atoms with Gasteiger partial charge in [-0.2, -0.15) is 0 Å². The molecule has 1 heterocycles. The van der Waals surface area contributed by atoms with Gasteiger partial charge in [0.15, 0.2) is 11.6 Å². The molecule has 80 valence electrons. The summed E-state index contributed by atoms with van der Waals surface area (Å²) in [5.74, 6) is -0.919. The molecule has 1 aromatic carbocycles. The van der Waals surface area contributed by atoms with Crippen molar-refractivity contribution in [2.45, 2.75) is 18.9 Å². The first kappa shape index (κ1) is 10.1. The Morgan fingerprint density at radius 2 is 2.27 bits per heavy atom. The Morgan fingerprint density at radius 1 is 1.47 bits per heavy atom. The fraction of sp³-hybridized carbons (Fsp3) is 0.364. The number of carbonyl (C=O) groups excluding carboxylic acids is 1. The molecule has 0 amide bonds. The van der Waals surface area contributed by atoms with Gasteiger partial charge >= 0.3 is 5.97 Å². The van der Waals surface area contributed by atoms with Crippen LogP contribution in [0.2, 0.25) is 0 Å². The first-order valence-electron chi connectivity index (χ1n) is 4.97. The molecule has 1 fully saturated rings. The van der Waals surface area contributed by atoms with Crippen molar-refractivity contribution in [1.29, 1.82) is 0 Å². The van der Waals surface area contributed by atoms with E-state index in [1.807, 2.05) is 0 Å². The van der Waals surface area contributed by atoms with Crippen molar-refractivity contribution < 1.29 is 13.9 Å². The number of halogens is 1. The molecule has 1 atom stereocenters. The molecule has 0 radical (unpaired) electrons. The minimum Gasteiger partial charge on any atom is -0.422 e. The van der Waals surface area contributed by atoms with Crippen molar-refractivity contribution in [3.05, 3.63) is 30.1 Å². The summed E-state index contributed by atoms with van der Waals surface area (Å²) < 4.78 is 18.1. The van der Waals surface area contributed by atoms with Gasteiger partial charge < -0.3 is 10.1 Å². The molecule has 15 heavy (non-hydrogen) atoms. The number of rotatable bonds is 2. The topological polar surface area (TPSA) is 38.3 Å². The van der Waals surface area contributed by atoms with Crippen molar-refractivity contribution in [2.75, 3.05) is 6.54 Å². The molecule has 0 bridgehead atoms. The summed E-state index contributed by atoms with van der Waals surface area (Å²) in [6, 6.07) is 5.62. The molecule has 2 rings (SSSR count). The fourth-order valence-electron chi connectivity index (χ4n) is 1.59. The van der Waals surface area contributed by atoms with E-state index in [0.29, 0.717) is 0 Å². The number of ether oxygens (including phenoxy) is 1. The van der Waals surface area contributed by atoms with Crippen molar-refractivity contribution in [2.24, 2.45) is 0 Å². The lowest BCUT2D eigenvalue weighted by Gasteiger charge is -2.09. The van der Waals surface area contributed by atoms with E-state index in [-0.39, 0.29) is 11.8 Å². The van der Waals surface area contributed by atoms with E-state index < -0.39 is 11.8 Å². The van der Waals surface area contributed by atoms with E-state index in [1.165, 1.54) is 12.1 Å². The van der Waals surface area contributed by atoms with Gasteiger partial charge in [0.05, 0.1) is 0 Å². The van der Waals surface area contributed by atoms with Gasteiger partial charge in [0, 0.05) is 0 Å². The highest BCUT2D eigenvalue weighted by Crippen LogP contribution is 2.17. The smallest absolute Gasteiger partial charge is 0.328 e. The number of carbonyl (C=O) groups is 1. The summed E-state index contributed by atoms with van der Waals surface area (Å²) in [4.78, 5) is 11.5. The van der Waals surface area contributed by atoms with E-state index in [2.05, 4.69) is 5.32 Å². The predicted molar refractivity (Wildman–Crippen MR) is 53.1 cm³/mol. The van der Waals surface area contributed by atoms with Crippen molar-refractivity contribution in [3.8, 4) is 5.75 Å². The van der Waals surface area contributed by atoms with Crippen LogP contribution in [0.25, 0.3) is 0 Å². The molecule has 1 aliphatic rings. The van der Waals surface area contributed by atoms with Crippen LogP contribution >= 0.6 is 0 Å². The zero-order valence-corrected chi connectivity index (χ0v) is 8.20. The van der Waals surface area contributed by atoms with E-state index in [9.17, 15) is 9.18 Å². The third-order valence-corrected chi connectivity index (χ3v) is 2.39. The Labute approximate surface area is 87.2 Å². The molecular formula is C11H12FNO2. The highest BCUT2D eigenvalue weighted by atomic mass is 19.1. The Kier molecular flexibility index (Phi) is 2.97. The van der Waals surface area contributed by atoms with Gasteiger partial charge in [-0.25, -0.2) is 9.18 Å². The third-order valence-electron chi connectivity index (χ3n) is 2.39. The maximum absolute atomic E-state index is 13.1. The molecule has 1 unspecified atom stereocenters. The van der Waals surface area contributed by atoms with Crippen LogP contribution in [-0.2, 0) is 4.79 Å². The molecule has 0 saturated carbocycles. The van der Waals surface area contributed by atoms with Crippen LogP contribution < -0.4 is 10.1 Å². The summed E-state index contributed by atoms with van der Waals surface area (Å²) in [5.41, 5.74) is 0. The minimum absolute atomic E-state index is 0.00352. The van der Waals surface area contributed by atoms with Crippen LogP contribution in [0.3, 0.4) is 0 Å². The molecule has 4 heteroatoms. The molecular weight excluding hydrogens is 197 g/mol. The maximum Gasteiger partial charge on any atom is 0.328 e. The molecule has 1 aromatic rings. The average Bonchev–Trinajstić information content (AvgIpc) is 2.74. The maximum atomic E-state index is 13.1. The second kappa shape index (κ2) is 4.40. The molecule has 1 saturated heterocycles. The van der Waals surface area contributed by atoms with Gasteiger partial charge in [-0.3, -0.25) is 0 Å². The Balaban J connectivity index is 2.02. The number of esters is 1. The fourth-order valence-corrected chi connectivity index (χ4v) is 1.59. The molecule has 3 nitrogen and oxygen atoms in total. The monoisotopic (exact) mass is 209 g/mol.